The van der Waals surface area contributed by atoms with Gasteiger partial charge in [0.25, 0.3) is 0 Å². The normalized spacial score (nSPS) is 17.2. The zero-order chi connectivity index (χ0) is 11.6. The summed E-state index contributed by atoms with van der Waals surface area (Å²) in [4.78, 5) is 4.00. The van der Waals surface area contributed by atoms with E-state index in [1.54, 1.807) is 6.20 Å². The second-order valence-corrected chi connectivity index (χ2v) is 5.29. The molecule has 0 amide bonds. The summed E-state index contributed by atoms with van der Waals surface area (Å²) < 4.78 is 14.1. The number of aromatic nitrogens is 1. The van der Waals surface area contributed by atoms with Gasteiger partial charge in [0, 0.05) is 17.2 Å². The number of pyridine rings is 1. The second kappa shape index (κ2) is 4.67. The summed E-state index contributed by atoms with van der Waals surface area (Å²) >= 11 is 3.18. The third-order valence-corrected chi connectivity index (χ3v) is 3.50. The van der Waals surface area contributed by atoms with Crippen molar-refractivity contribution in [2.75, 3.05) is 18.4 Å². The average Bonchev–Trinajstić information content (AvgIpc) is 2.98. The predicted octanol–water partition coefficient (Wildman–Crippen LogP) is 2.52. The first-order chi connectivity index (χ1) is 7.65. The van der Waals surface area contributed by atoms with Crippen molar-refractivity contribution in [2.45, 2.75) is 19.3 Å². The number of rotatable bonds is 5. The predicted molar refractivity (Wildman–Crippen MR) is 65.7 cm³/mol. The van der Waals surface area contributed by atoms with E-state index in [-0.39, 0.29) is 11.2 Å². The Labute approximate surface area is 103 Å². The molecule has 1 saturated carbocycles. The molecule has 1 heterocycles. The molecule has 3 N–H and O–H groups in total. The van der Waals surface area contributed by atoms with Crippen LogP contribution < -0.4 is 11.1 Å². The fourth-order valence-electron chi connectivity index (χ4n) is 1.81. The molecule has 0 saturated heterocycles. The molecule has 1 aliphatic rings. The molecule has 3 nitrogen and oxygen atoms in total. The molecule has 16 heavy (non-hydrogen) atoms. The lowest BCUT2D eigenvalue weighted by Crippen LogP contribution is -2.20. The number of anilines is 1. The highest BCUT2D eigenvalue weighted by atomic mass is 79.9. The Morgan fingerprint density at radius 3 is 2.88 bits per heavy atom. The molecule has 1 aromatic heterocycles. The first kappa shape index (κ1) is 11.8. The van der Waals surface area contributed by atoms with Gasteiger partial charge in [0.2, 0.25) is 0 Å². The Bertz CT molecular complexity index is 379. The highest BCUT2D eigenvalue weighted by molar-refractivity contribution is 9.10. The molecule has 1 fully saturated rings. The van der Waals surface area contributed by atoms with Crippen LogP contribution in [0.3, 0.4) is 0 Å². The third-order valence-electron chi connectivity index (χ3n) is 3.07. The van der Waals surface area contributed by atoms with Gasteiger partial charge in [-0.05, 0) is 53.2 Å². The maximum absolute atomic E-state index is 13.5. The van der Waals surface area contributed by atoms with Gasteiger partial charge in [0.1, 0.15) is 0 Å². The first-order valence-corrected chi connectivity index (χ1v) is 6.19. The van der Waals surface area contributed by atoms with Crippen molar-refractivity contribution in [1.82, 2.24) is 4.98 Å². The lowest BCUT2D eigenvalue weighted by molar-refractivity contribution is 0.498. The van der Waals surface area contributed by atoms with E-state index < -0.39 is 0 Å². The van der Waals surface area contributed by atoms with Crippen molar-refractivity contribution in [3.8, 4) is 0 Å². The minimum Gasteiger partial charge on any atom is -0.367 e. The maximum atomic E-state index is 13.5. The van der Waals surface area contributed by atoms with Crippen LogP contribution in [-0.2, 0) is 0 Å². The van der Waals surface area contributed by atoms with Crippen LogP contribution in [0.25, 0.3) is 0 Å². The largest absolute Gasteiger partial charge is 0.367 e. The summed E-state index contributed by atoms with van der Waals surface area (Å²) in [7, 11) is 0. The quantitative estimate of drug-likeness (QED) is 0.875. The van der Waals surface area contributed by atoms with E-state index in [0.29, 0.717) is 16.8 Å². The minimum atomic E-state index is -0.321. The van der Waals surface area contributed by atoms with Crippen molar-refractivity contribution >= 4 is 21.7 Å². The number of hydrogen-bond donors (Lipinski definition) is 2. The maximum Gasteiger partial charge on any atom is 0.166 e. The van der Waals surface area contributed by atoms with Crippen LogP contribution in [0.2, 0.25) is 0 Å². The van der Waals surface area contributed by atoms with E-state index in [4.69, 9.17) is 5.73 Å². The highest BCUT2D eigenvalue weighted by Crippen LogP contribution is 2.48. The minimum absolute atomic E-state index is 0.288. The van der Waals surface area contributed by atoms with Gasteiger partial charge in [-0.1, -0.05) is 0 Å². The van der Waals surface area contributed by atoms with E-state index >= 15 is 0 Å². The Morgan fingerprint density at radius 1 is 1.56 bits per heavy atom. The zero-order valence-corrected chi connectivity index (χ0v) is 10.6. The lowest BCUT2D eigenvalue weighted by Gasteiger charge is -2.15. The smallest absolute Gasteiger partial charge is 0.166 e. The van der Waals surface area contributed by atoms with E-state index in [2.05, 4.69) is 26.2 Å². The summed E-state index contributed by atoms with van der Waals surface area (Å²) in [6.07, 6.45) is 4.94. The van der Waals surface area contributed by atoms with Crippen LogP contribution in [0.1, 0.15) is 19.3 Å². The second-order valence-electron chi connectivity index (χ2n) is 4.38. The molecule has 5 heteroatoms. The first-order valence-electron chi connectivity index (χ1n) is 5.40. The molecule has 0 unspecified atom stereocenters. The molecular formula is C11H15BrFN3. The van der Waals surface area contributed by atoms with Crippen LogP contribution in [0.4, 0.5) is 10.2 Å². The Morgan fingerprint density at radius 2 is 2.31 bits per heavy atom. The SMILES string of the molecule is NCCC1(CNc2ncc(Br)cc2F)CC1. The summed E-state index contributed by atoms with van der Waals surface area (Å²) in [6, 6.07) is 1.41. The van der Waals surface area contributed by atoms with Gasteiger partial charge in [-0.2, -0.15) is 0 Å². The van der Waals surface area contributed by atoms with Crippen LogP contribution in [-0.4, -0.2) is 18.1 Å². The van der Waals surface area contributed by atoms with Crippen molar-refractivity contribution in [2.24, 2.45) is 11.1 Å². The summed E-state index contributed by atoms with van der Waals surface area (Å²) in [6.45, 7) is 1.45. The standard InChI is InChI=1S/C11H15BrFN3/c12-8-5-9(13)10(15-6-8)16-7-11(1-2-11)3-4-14/h5-6H,1-4,7,14H2,(H,15,16). The zero-order valence-electron chi connectivity index (χ0n) is 8.97. The summed E-state index contributed by atoms with van der Waals surface area (Å²) in [5.41, 5.74) is 5.84. The van der Waals surface area contributed by atoms with Gasteiger partial charge < -0.3 is 11.1 Å². The fourth-order valence-corrected chi connectivity index (χ4v) is 2.12. The van der Waals surface area contributed by atoms with Gasteiger partial charge in [0.15, 0.2) is 11.6 Å². The van der Waals surface area contributed by atoms with Crippen LogP contribution in [0.5, 0.6) is 0 Å². The van der Waals surface area contributed by atoms with Crippen LogP contribution >= 0.6 is 15.9 Å². The Kier molecular flexibility index (Phi) is 3.44. The molecule has 0 aliphatic heterocycles. The molecule has 1 aromatic rings. The van der Waals surface area contributed by atoms with Gasteiger partial charge in [0.05, 0.1) is 0 Å². The third kappa shape index (κ3) is 2.71. The van der Waals surface area contributed by atoms with Crippen LogP contribution in [0, 0.1) is 11.2 Å². The molecule has 88 valence electrons. The van der Waals surface area contributed by atoms with E-state index in [9.17, 15) is 4.39 Å². The van der Waals surface area contributed by atoms with Gasteiger partial charge >= 0.3 is 0 Å². The topological polar surface area (TPSA) is 50.9 Å². The van der Waals surface area contributed by atoms with E-state index in [0.717, 1.165) is 13.0 Å². The monoisotopic (exact) mass is 287 g/mol. The van der Waals surface area contributed by atoms with Crippen molar-refractivity contribution in [3.63, 3.8) is 0 Å². The Hall–Kier alpha value is -0.680. The number of nitrogens with one attached hydrogen (secondary N) is 1. The molecule has 2 rings (SSSR count). The van der Waals surface area contributed by atoms with Crippen molar-refractivity contribution in [3.05, 3.63) is 22.6 Å². The summed E-state index contributed by atoms with van der Waals surface area (Å²) in [5, 5.41) is 3.07. The number of halogens is 2. The molecule has 1 aliphatic carbocycles. The van der Waals surface area contributed by atoms with Crippen molar-refractivity contribution < 1.29 is 4.39 Å². The lowest BCUT2D eigenvalue weighted by atomic mass is 10.0. The van der Waals surface area contributed by atoms with E-state index in [1.165, 1.54) is 18.9 Å². The highest BCUT2D eigenvalue weighted by Gasteiger charge is 2.41. The van der Waals surface area contributed by atoms with Gasteiger partial charge in [-0.3, -0.25) is 0 Å². The Balaban J connectivity index is 1.94. The number of hydrogen-bond acceptors (Lipinski definition) is 3. The van der Waals surface area contributed by atoms with E-state index in [1.807, 2.05) is 0 Å². The van der Waals surface area contributed by atoms with Gasteiger partial charge in [-0.15, -0.1) is 0 Å². The average molecular weight is 288 g/mol. The number of nitrogens with two attached hydrogens (primary N) is 1. The van der Waals surface area contributed by atoms with Gasteiger partial charge in [-0.25, -0.2) is 9.37 Å². The molecule has 0 atom stereocenters. The molecule has 0 aromatic carbocycles. The summed E-state index contributed by atoms with van der Waals surface area (Å²) in [5.74, 6) is 0.00409. The molecule has 0 bridgehead atoms. The molecule has 0 radical (unpaired) electrons. The van der Waals surface area contributed by atoms with Crippen LogP contribution in [0.15, 0.2) is 16.7 Å². The fraction of sp³-hybridized carbons (Fsp3) is 0.545. The number of nitrogens with zero attached hydrogens (tertiary/aromatic N) is 1. The molecule has 0 spiro atoms. The van der Waals surface area contributed by atoms with Crippen molar-refractivity contribution in [1.29, 1.82) is 0 Å². The molecular weight excluding hydrogens is 273 g/mol.